The molecule has 0 heterocycles. The van der Waals surface area contributed by atoms with Crippen LogP contribution in [-0.4, -0.2) is 6.79 Å². The van der Waals surface area contributed by atoms with Crippen LogP contribution in [0.5, 0.6) is 0 Å². The van der Waals surface area contributed by atoms with Gasteiger partial charge < -0.3 is 0 Å². The summed E-state index contributed by atoms with van der Waals surface area (Å²) < 4.78 is 0.0691. The fourth-order valence-corrected chi connectivity index (χ4v) is 4.28. The Kier molecular flexibility index (Phi) is 6.51. The van der Waals surface area contributed by atoms with E-state index in [0.29, 0.717) is 5.41 Å². The van der Waals surface area contributed by atoms with Gasteiger partial charge >= 0.3 is 116 Å². The summed E-state index contributed by atoms with van der Waals surface area (Å²) in [6.07, 6.45) is 12.0. The third kappa shape index (κ3) is 3.72. The molecule has 1 unspecified atom stereocenters. The number of hydrogen-bond acceptors (Lipinski definition) is 1. The average Bonchev–Trinajstić information content (AvgIpc) is 2.19. The molecule has 80 valence electrons. The van der Waals surface area contributed by atoms with E-state index in [1.807, 2.05) is 0 Å². The maximum atomic E-state index is 10.0. The van der Waals surface area contributed by atoms with E-state index >= 15 is 0 Å². The average molecular weight is 324 g/mol. The monoisotopic (exact) mass is 324 g/mol. The Hall–Kier alpha value is 1.32. The van der Waals surface area contributed by atoms with Gasteiger partial charge in [0.2, 0.25) is 0 Å². The van der Waals surface area contributed by atoms with E-state index in [1.54, 1.807) is 0 Å². The first-order valence-electron chi connectivity index (χ1n) is 6.15. The van der Waals surface area contributed by atoms with Gasteiger partial charge in [0.05, 0.1) is 0 Å². The first-order valence-corrected chi connectivity index (χ1v) is 8.29. The van der Waals surface area contributed by atoms with Crippen molar-refractivity contribution in [2.75, 3.05) is 0 Å². The third-order valence-electron chi connectivity index (χ3n) is 3.75. The molecule has 1 nitrogen and oxygen atoms in total. The number of hydrogen-bond donors (Lipinski definition) is 1. The summed E-state index contributed by atoms with van der Waals surface area (Å²) >= 11 is 0.750. The zero-order chi connectivity index (χ0) is 10.4. The molecule has 14 heavy (non-hydrogen) atoms. The molecular weight excluding hydrogens is 301 g/mol. The minimum absolute atomic E-state index is 0.0691. The predicted octanol–water partition coefficient (Wildman–Crippen LogP) is 3.38. The fraction of sp³-hybridized carbons (Fsp3) is 1.00. The molecule has 1 N–H and O–H groups in total. The van der Waals surface area contributed by atoms with Gasteiger partial charge in [-0.05, 0) is 0 Å². The molecule has 0 radical (unpaired) electrons. The second-order valence-corrected chi connectivity index (χ2v) is 6.85. The molecule has 0 aliphatic heterocycles. The van der Waals surface area contributed by atoms with Crippen LogP contribution in [0.3, 0.4) is 0 Å². The molecule has 1 fully saturated rings. The molecule has 0 aromatic heterocycles. The second-order valence-electron chi connectivity index (χ2n) is 4.82. The van der Waals surface area contributed by atoms with Crippen LogP contribution in [0.4, 0.5) is 0 Å². The van der Waals surface area contributed by atoms with Crippen molar-refractivity contribution in [3.63, 3.8) is 0 Å². The van der Waals surface area contributed by atoms with Crippen molar-refractivity contribution in [3.8, 4) is 0 Å². The predicted molar refractivity (Wildman–Crippen MR) is 55.7 cm³/mol. The van der Waals surface area contributed by atoms with Gasteiger partial charge in [0.25, 0.3) is 0 Å². The summed E-state index contributed by atoms with van der Waals surface area (Å²) in [5, 5.41) is 10.0. The van der Waals surface area contributed by atoms with Crippen LogP contribution in [0.1, 0.15) is 64.7 Å². The Balaban J connectivity index is 2.43. The van der Waals surface area contributed by atoms with Crippen molar-refractivity contribution in [3.05, 3.63) is 0 Å². The number of aliphatic hydroxyl groups is 1. The van der Waals surface area contributed by atoms with E-state index < -0.39 is 0 Å². The summed E-state index contributed by atoms with van der Waals surface area (Å²) in [5.41, 5.74) is 0.359. The topological polar surface area (TPSA) is 20.2 Å². The van der Waals surface area contributed by atoms with Crippen LogP contribution >= 0.6 is 0 Å². The quantitative estimate of drug-likeness (QED) is 0.769. The summed E-state index contributed by atoms with van der Waals surface area (Å²) in [6.45, 7) is 2.26. The van der Waals surface area contributed by atoms with E-state index in [4.69, 9.17) is 0 Å². The molecular formula is C12H23OPr. The molecule has 0 bridgehead atoms. The van der Waals surface area contributed by atoms with Crippen molar-refractivity contribution in [1.29, 1.82) is 0 Å². The van der Waals surface area contributed by atoms with Gasteiger partial charge in [-0.25, -0.2) is 0 Å². The summed E-state index contributed by atoms with van der Waals surface area (Å²) in [4.78, 5) is 0. The Morgan fingerprint density at radius 1 is 1.21 bits per heavy atom. The van der Waals surface area contributed by atoms with E-state index in [9.17, 15) is 5.11 Å². The maximum absolute atomic E-state index is 10.0. The zero-order valence-corrected chi connectivity index (χ0v) is 13.2. The van der Waals surface area contributed by atoms with Crippen LogP contribution in [0.15, 0.2) is 0 Å². The van der Waals surface area contributed by atoms with Crippen molar-refractivity contribution in [2.45, 2.75) is 66.4 Å². The molecule has 0 spiro atoms. The molecule has 0 saturated heterocycles. The Bertz CT molecular complexity index is 150. The van der Waals surface area contributed by atoms with Crippen LogP contribution in [0, 0.1) is 44.6 Å². The van der Waals surface area contributed by atoms with Gasteiger partial charge in [-0.2, -0.15) is 0 Å². The molecule has 0 amide bonds. The van der Waals surface area contributed by atoms with E-state index in [-0.39, 0.29) is 1.69 Å². The summed E-state index contributed by atoms with van der Waals surface area (Å²) in [5.74, 6) is 0. The number of aliphatic hydroxyl groups excluding tert-OH is 1. The minimum atomic E-state index is 0.0691. The first kappa shape index (κ1) is 13.4. The van der Waals surface area contributed by atoms with Gasteiger partial charge in [0.1, 0.15) is 0 Å². The normalized spacial score (nSPS) is 23.2. The first-order chi connectivity index (χ1) is 6.71. The molecule has 0 aromatic carbocycles. The molecule has 1 rings (SSSR count). The molecule has 1 aliphatic rings. The molecule has 2 heteroatoms. The van der Waals surface area contributed by atoms with E-state index in [1.165, 1.54) is 57.8 Å². The van der Waals surface area contributed by atoms with Crippen molar-refractivity contribution < 1.29 is 44.3 Å². The van der Waals surface area contributed by atoms with Crippen LogP contribution in [-0.2, 0) is 0 Å². The Labute approximate surface area is 115 Å². The van der Waals surface area contributed by atoms with Gasteiger partial charge in [-0.15, -0.1) is 0 Å². The molecule has 1 saturated carbocycles. The molecule has 1 aliphatic carbocycles. The van der Waals surface area contributed by atoms with E-state index in [0.717, 1.165) is 39.2 Å². The standard InChI is InChI=1S/C12H23O.Pr/c1-2-3-5-8-12(11-13)9-6-4-7-10-12;/h11,13H,2-10H2,1H3;. The Morgan fingerprint density at radius 2 is 1.86 bits per heavy atom. The zero-order valence-electron chi connectivity index (χ0n) is 9.47. The SMILES string of the molecule is CCCCCC1([CH](O)[Pr])CCCCC1. The van der Waals surface area contributed by atoms with Crippen LogP contribution < -0.4 is 0 Å². The van der Waals surface area contributed by atoms with Gasteiger partial charge in [-0.3, -0.25) is 0 Å². The van der Waals surface area contributed by atoms with Gasteiger partial charge in [0, 0.05) is 0 Å². The summed E-state index contributed by atoms with van der Waals surface area (Å²) in [6, 6.07) is 0. The van der Waals surface area contributed by atoms with Crippen molar-refractivity contribution in [1.82, 2.24) is 0 Å². The van der Waals surface area contributed by atoms with E-state index in [2.05, 4.69) is 6.92 Å². The molecule has 1 atom stereocenters. The third-order valence-corrected chi connectivity index (χ3v) is 6.02. The fourth-order valence-electron chi connectivity index (χ4n) is 2.68. The van der Waals surface area contributed by atoms with Gasteiger partial charge in [-0.1, -0.05) is 0 Å². The van der Waals surface area contributed by atoms with Gasteiger partial charge in [0.15, 0.2) is 0 Å². The second kappa shape index (κ2) is 6.81. The Morgan fingerprint density at radius 3 is 2.36 bits per heavy atom. The number of rotatable bonds is 5. The van der Waals surface area contributed by atoms with Crippen LogP contribution in [0.25, 0.3) is 0 Å². The van der Waals surface area contributed by atoms with Crippen molar-refractivity contribution >= 4 is 0 Å². The summed E-state index contributed by atoms with van der Waals surface area (Å²) in [7, 11) is 0. The van der Waals surface area contributed by atoms with Crippen molar-refractivity contribution in [2.24, 2.45) is 5.41 Å². The molecule has 0 aromatic rings. The number of unbranched alkanes of at least 4 members (excludes halogenated alkanes) is 2. The van der Waals surface area contributed by atoms with Crippen LogP contribution in [0.2, 0.25) is 0 Å².